The number of hydrogen-bond acceptors (Lipinski definition) is 4. The van der Waals surface area contributed by atoms with Crippen LogP contribution in [0.4, 0.5) is 0 Å². The van der Waals surface area contributed by atoms with E-state index < -0.39 is 11.4 Å². The van der Waals surface area contributed by atoms with Crippen LogP contribution in [0, 0.1) is 5.41 Å². The maximum absolute atomic E-state index is 10.9. The van der Waals surface area contributed by atoms with Crippen molar-refractivity contribution in [3.05, 3.63) is 0 Å². The van der Waals surface area contributed by atoms with Gasteiger partial charge in [0.05, 0.1) is 13.2 Å². The second-order valence-corrected chi connectivity index (χ2v) is 4.06. The van der Waals surface area contributed by atoms with E-state index in [9.17, 15) is 4.79 Å². The molecular formula is C9H18N2O3. The lowest BCUT2D eigenvalue weighted by Crippen LogP contribution is -2.55. The van der Waals surface area contributed by atoms with Crippen molar-refractivity contribution >= 4 is 5.97 Å². The van der Waals surface area contributed by atoms with Gasteiger partial charge in [0, 0.05) is 19.6 Å². The van der Waals surface area contributed by atoms with E-state index in [2.05, 4.69) is 10.2 Å². The van der Waals surface area contributed by atoms with Crippen molar-refractivity contribution in [2.24, 2.45) is 5.41 Å². The van der Waals surface area contributed by atoms with E-state index in [1.54, 1.807) is 0 Å². The van der Waals surface area contributed by atoms with E-state index in [1.165, 1.54) is 0 Å². The minimum absolute atomic E-state index is 0.331. The van der Waals surface area contributed by atoms with Gasteiger partial charge in [0.1, 0.15) is 5.41 Å². The normalized spacial score (nSPS) is 19.4. The van der Waals surface area contributed by atoms with Gasteiger partial charge < -0.3 is 20.1 Å². The molecule has 1 rings (SSSR count). The summed E-state index contributed by atoms with van der Waals surface area (Å²) in [5.41, 5.74) is -0.674. The Morgan fingerprint density at radius 1 is 1.57 bits per heavy atom. The summed E-state index contributed by atoms with van der Waals surface area (Å²) < 4.78 is 4.95. The highest BCUT2D eigenvalue weighted by molar-refractivity contribution is 5.76. The van der Waals surface area contributed by atoms with Crippen molar-refractivity contribution in [1.29, 1.82) is 0 Å². The highest BCUT2D eigenvalue weighted by atomic mass is 16.5. The molecule has 1 aliphatic rings. The summed E-state index contributed by atoms with van der Waals surface area (Å²) >= 11 is 0. The van der Waals surface area contributed by atoms with Gasteiger partial charge in [0.15, 0.2) is 0 Å². The predicted molar refractivity (Wildman–Crippen MR) is 52.3 cm³/mol. The molecule has 1 fully saturated rings. The van der Waals surface area contributed by atoms with E-state index in [-0.39, 0.29) is 0 Å². The first-order valence-corrected chi connectivity index (χ1v) is 4.73. The van der Waals surface area contributed by atoms with Crippen molar-refractivity contribution in [1.82, 2.24) is 10.2 Å². The number of nitrogens with zero attached hydrogens (tertiary/aromatic N) is 1. The molecule has 0 radical (unpaired) electrons. The number of carboxylic acid groups (broad SMARTS) is 1. The monoisotopic (exact) mass is 202 g/mol. The van der Waals surface area contributed by atoms with Gasteiger partial charge in [0.2, 0.25) is 0 Å². The Hall–Kier alpha value is -0.650. The molecule has 0 aromatic carbocycles. The molecule has 1 heterocycles. The summed E-state index contributed by atoms with van der Waals surface area (Å²) in [6, 6.07) is 0. The fraction of sp³-hybridized carbons (Fsp3) is 0.889. The minimum Gasteiger partial charge on any atom is -0.481 e. The molecule has 5 heteroatoms. The Labute approximate surface area is 84.0 Å². The van der Waals surface area contributed by atoms with Crippen molar-refractivity contribution in [3.8, 4) is 0 Å². The van der Waals surface area contributed by atoms with Crippen LogP contribution in [0.2, 0.25) is 0 Å². The maximum atomic E-state index is 10.9. The molecule has 82 valence electrons. The van der Waals surface area contributed by atoms with Gasteiger partial charge in [-0.25, -0.2) is 0 Å². The summed E-state index contributed by atoms with van der Waals surface area (Å²) in [6.07, 6.45) is 0. The van der Waals surface area contributed by atoms with Crippen LogP contribution in [-0.4, -0.2) is 62.9 Å². The summed E-state index contributed by atoms with van der Waals surface area (Å²) in [5.74, 6) is -0.763. The number of ether oxygens (including phenoxy) is 1. The number of nitrogens with one attached hydrogen (secondary N) is 1. The third-order valence-corrected chi connectivity index (χ3v) is 2.41. The standard InChI is InChI=1S/C9H18N2O3/c1-11(2)4-3-10-5-9(8(12)13)6-14-7-9/h10H,3-7H2,1-2H3,(H,12,13). The third kappa shape index (κ3) is 2.67. The SMILES string of the molecule is CN(C)CCNCC1(C(=O)O)COC1. The predicted octanol–water partition coefficient (Wildman–Crippen LogP) is -0.761. The summed E-state index contributed by atoms with van der Waals surface area (Å²) in [5, 5.41) is 12.1. The molecule has 0 saturated carbocycles. The first kappa shape index (κ1) is 11.4. The van der Waals surface area contributed by atoms with Gasteiger partial charge in [0.25, 0.3) is 0 Å². The molecule has 0 aliphatic carbocycles. The van der Waals surface area contributed by atoms with Crippen LogP contribution in [0.1, 0.15) is 0 Å². The average Bonchev–Trinajstić information content (AvgIpc) is 1.99. The molecule has 5 nitrogen and oxygen atoms in total. The number of rotatable bonds is 6. The summed E-state index contributed by atoms with van der Waals surface area (Å²) in [4.78, 5) is 13.0. The quantitative estimate of drug-likeness (QED) is 0.554. The molecule has 0 spiro atoms. The molecule has 0 aromatic heterocycles. The molecule has 1 saturated heterocycles. The topological polar surface area (TPSA) is 61.8 Å². The number of carboxylic acids is 1. The van der Waals surface area contributed by atoms with Crippen molar-refractivity contribution in [2.75, 3.05) is 46.9 Å². The fourth-order valence-electron chi connectivity index (χ4n) is 1.28. The second-order valence-electron chi connectivity index (χ2n) is 4.06. The zero-order chi connectivity index (χ0) is 10.6. The largest absolute Gasteiger partial charge is 0.481 e. The average molecular weight is 202 g/mol. The van der Waals surface area contributed by atoms with Crippen molar-refractivity contribution in [2.45, 2.75) is 0 Å². The Morgan fingerprint density at radius 3 is 2.57 bits per heavy atom. The first-order chi connectivity index (χ1) is 6.57. The first-order valence-electron chi connectivity index (χ1n) is 4.73. The molecule has 2 N–H and O–H groups in total. The van der Waals surface area contributed by atoms with Crippen molar-refractivity contribution < 1.29 is 14.6 Å². The van der Waals surface area contributed by atoms with Gasteiger partial charge in [-0.15, -0.1) is 0 Å². The zero-order valence-corrected chi connectivity index (χ0v) is 8.75. The van der Waals surface area contributed by atoms with Crippen LogP contribution in [0.15, 0.2) is 0 Å². The molecule has 14 heavy (non-hydrogen) atoms. The van der Waals surface area contributed by atoms with Crippen LogP contribution in [0.25, 0.3) is 0 Å². The van der Waals surface area contributed by atoms with Crippen LogP contribution in [-0.2, 0) is 9.53 Å². The summed E-state index contributed by atoms with van der Waals surface area (Å²) in [6.45, 7) is 2.88. The van der Waals surface area contributed by atoms with Crippen LogP contribution < -0.4 is 5.32 Å². The number of aliphatic carboxylic acids is 1. The van der Waals surface area contributed by atoms with Gasteiger partial charge in [-0.3, -0.25) is 4.79 Å². The highest BCUT2D eigenvalue weighted by Gasteiger charge is 2.45. The molecule has 0 bridgehead atoms. The molecule has 0 amide bonds. The lowest BCUT2D eigenvalue weighted by atomic mass is 9.86. The van der Waals surface area contributed by atoms with E-state index in [0.29, 0.717) is 19.8 Å². The van der Waals surface area contributed by atoms with Crippen molar-refractivity contribution in [3.63, 3.8) is 0 Å². The fourth-order valence-corrected chi connectivity index (χ4v) is 1.28. The minimum atomic E-state index is -0.763. The zero-order valence-electron chi connectivity index (χ0n) is 8.75. The Balaban J connectivity index is 2.19. The highest BCUT2D eigenvalue weighted by Crippen LogP contribution is 2.26. The van der Waals surface area contributed by atoms with Gasteiger partial charge >= 0.3 is 5.97 Å². The molecule has 0 unspecified atom stereocenters. The van der Waals surface area contributed by atoms with Crippen LogP contribution in [0.5, 0.6) is 0 Å². The molecule has 1 aliphatic heterocycles. The molecule has 0 aromatic rings. The Bertz CT molecular complexity index is 202. The third-order valence-electron chi connectivity index (χ3n) is 2.41. The summed E-state index contributed by atoms with van der Waals surface area (Å²) in [7, 11) is 3.97. The smallest absolute Gasteiger partial charge is 0.315 e. The van der Waals surface area contributed by atoms with Gasteiger partial charge in [-0.05, 0) is 14.1 Å². The maximum Gasteiger partial charge on any atom is 0.315 e. The number of carbonyl (C=O) groups is 1. The van der Waals surface area contributed by atoms with Crippen LogP contribution >= 0.6 is 0 Å². The van der Waals surface area contributed by atoms with E-state index in [4.69, 9.17) is 9.84 Å². The van der Waals surface area contributed by atoms with E-state index in [1.807, 2.05) is 14.1 Å². The Morgan fingerprint density at radius 2 is 2.21 bits per heavy atom. The van der Waals surface area contributed by atoms with Crippen LogP contribution in [0.3, 0.4) is 0 Å². The number of hydrogen-bond donors (Lipinski definition) is 2. The lowest BCUT2D eigenvalue weighted by molar-refractivity contribution is -0.178. The van der Waals surface area contributed by atoms with Gasteiger partial charge in [-0.1, -0.05) is 0 Å². The Kier molecular flexibility index (Phi) is 3.86. The molecular weight excluding hydrogens is 184 g/mol. The second kappa shape index (κ2) is 4.72. The number of likely N-dealkylation sites (N-methyl/N-ethyl adjacent to an activating group) is 1. The van der Waals surface area contributed by atoms with E-state index >= 15 is 0 Å². The van der Waals surface area contributed by atoms with E-state index in [0.717, 1.165) is 13.1 Å². The lowest BCUT2D eigenvalue weighted by Gasteiger charge is -2.37. The molecule has 0 atom stereocenters. The van der Waals surface area contributed by atoms with Gasteiger partial charge in [-0.2, -0.15) is 0 Å².